The number of thiophene rings is 1. The van der Waals surface area contributed by atoms with E-state index in [4.69, 9.17) is 4.98 Å². The molecule has 158 valence electrons. The minimum Gasteiger partial charge on any atom is -0.293 e. The maximum Gasteiger partial charge on any atom is 0.272 e. The maximum absolute atomic E-state index is 13.2. The molecular weight excluding hydrogens is 431 g/mol. The highest BCUT2D eigenvalue weighted by Crippen LogP contribution is 2.32. The Labute approximate surface area is 187 Å². The molecule has 0 bridgehead atoms. The summed E-state index contributed by atoms with van der Waals surface area (Å²) in [6.45, 7) is 4.57. The van der Waals surface area contributed by atoms with Gasteiger partial charge in [0.25, 0.3) is 5.56 Å². The van der Waals surface area contributed by atoms with Gasteiger partial charge in [0.1, 0.15) is 10.5 Å². The van der Waals surface area contributed by atoms with Crippen LogP contribution in [0.5, 0.6) is 0 Å². The molecule has 0 saturated heterocycles. The summed E-state index contributed by atoms with van der Waals surface area (Å²) < 4.78 is 15.4. The van der Waals surface area contributed by atoms with Gasteiger partial charge in [-0.3, -0.25) is 14.2 Å². The largest absolute Gasteiger partial charge is 0.293 e. The highest BCUT2D eigenvalue weighted by molar-refractivity contribution is 7.99. The molecular formula is C24H21FN2O2S2. The molecule has 2 heterocycles. The Morgan fingerprint density at radius 2 is 1.84 bits per heavy atom. The van der Waals surface area contributed by atoms with Gasteiger partial charge < -0.3 is 0 Å². The highest BCUT2D eigenvalue weighted by Gasteiger charge is 2.17. The number of Topliss-reactive ketones (excluding diaryl/α,β-unsaturated/α-hetero) is 1. The molecule has 0 saturated carbocycles. The second-order valence-corrected chi connectivity index (χ2v) is 9.26. The summed E-state index contributed by atoms with van der Waals surface area (Å²) in [4.78, 5) is 31.4. The molecule has 4 rings (SSSR count). The van der Waals surface area contributed by atoms with Crippen molar-refractivity contribution in [3.05, 3.63) is 81.9 Å². The lowest BCUT2D eigenvalue weighted by atomic mass is 10.1. The fourth-order valence-electron chi connectivity index (χ4n) is 3.23. The van der Waals surface area contributed by atoms with E-state index in [-0.39, 0.29) is 22.9 Å². The zero-order valence-electron chi connectivity index (χ0n) is 17.2. The number of halogens is 1. The predicted molar refractivity (Wildman–Crippen MR) is 126 cm³/mol. The summed E-state index contributed by atoms with van der Waals surface area (Å²) in [6.07, 6.45) is 0.781. The Hall–Kier alpha value is -2.77. The van der Waals surface area contributed by atoms with Gasteiger partial charge in [-0.15, -0.1) is 11.3 Å². The van der Waals surface area contributed by atoms with Gasteiger partial charge in [0.15, 0.2) is 10.9 Å². The fraction of sp³-hybridized carbons (Fsp3) is 0.208. The summed E-state index contributed by atoms with van der Waals surface area (Å²) >= 11 is 2.69. The number of aromatic nitrogens is 2. The molecule has 0 aliphatic heterocycles. The number of nitrogens with zero attached hydrogens (tertiary/aromatic N) is 2. The van der Waals surface area contributed by atoms with E-state index in [9.17, 15) is 14.0 Å². The Bertz CT molecular complexity index is 1290. The second kappa shape index (κ2) is 9.16. The summed E-state index contributed by atoms with van der Waals surface area (Å²) in [7, 11) is 0. The topological polar surface area (TPSA) is 52.0 Å². The van der Waals surface area contributed by atoms with E-state index in [2.05, 4.69) is 0 Å². The third-order valence-corrected chi connectivity index (χ3v) is 7.02. The lowest BCUT2D eigenvalue weighted by Gasteiger charge is -2.10. The quantitative estimate of drug-likeness (QED) is 0.197. The minimum absolute atomic E-state index is 0.0769. The number of benzene rings is 2. The molecule has 2 aromatic heterocycles. The third-order valence-electron chi connectivity index (χ3n) is 4.88. The van der Waals surface area contributed by atoms with E-state index in [1.54, 1.807) is 4.57 Å². The van der Waals surface area contributed by atoms with Gasteiger partial charge in [-0.05, 0) is 49.2 Å². The van der Waals surface area contributed by atoms with Crippen molar-refractivity contribution in [3.8, 4) is 10.4 Å². The number of hydrogen-bond donors (Lipinski definition) is 0. The van der Waals surface area contributed by atoms with E-state index < -0.39 is 0 Å². The van der Waals surface area contributed by atoms with Crippen LogP contribution in [-0.2, 0) is 6.54 Å². The van der Waals surface area contributed by atoms with E-state index in [1.807, 2.05) is 44.2 Å². The molecule has 31 heavy (non-hydrogen) atoms. The van der Waals surface area contributed by atoms with Crippen LogP contribution in [0.2, 0.25) is 0 Å². The molecule has 0 unspecified atom stereocenters. The van der Waals surface area contributed by atoms with Crippen LogP contribution in [0.25, 0.3) is 20.7 Å². The first-order valence-corrected chi connectivity index (χ1v) is 11.8. The Balaban J connectivity index is 1.67. The Morgan fingerprint density at radius 1 is 1.13 bits per heavy atom. The van der Waals surface area contributed by atoms with Crippen LogP contribution in [0.1, 0.15) is 29.3 Å². The standard InChI is InChI=1S/C24H21FN2O2S2/c1-3-12-27-23(29)22-19(13-21(31-22)17-6-4-15(2)5-7-17)26-24(27)30-14-20(28)16-8-10-18(25)11-9-16/h4-11,13H,3,12,14H2,1-2H3. The van der Waals surface area contributed by atoms with Crippen LogP contribution in [0, 0.1) is 12.7 Å². The molecule has 0 spiro atoms. The predicted octanol–water partition coefficient (Wildman–Crippen LogP) is 5.96. The zero-order valence-corrected chi connectivity index (χ0v) is 18.9. The van der Waals surface area contributed by atoms with Crippen LogP contribution < -0.4 is 5.56 Å². The van der Waals surface area contributed by atoms with Gasteiger partial charge in [-0.1, -0.05) is 48.5 Å². The number of hydrogen-bond acceptors (Lipinski definition) is 5. The molecule has 0 aliphatic rings. The molecule has 4 nitrogen and oxygen atoms in total. The number of rotatable bonds is 7. The number of fused-ring (bicyclic) bond motifs is 1. The molecule has 7 heteroatoms. The number of aryl methyl sites for hydroxylation is 1. The van der Waals surface area contributed by atoms with Crippen molar-refractivity contribution in [1.82, 2.24) is 9.55 Å². The molecule has 4 aromatic rings. The van der Waals surface area contributed by atoms with Gasteiger partial charge in [-0.25, -0.2) is 9.37 Å². The summed E-state index contributed by atoms with van der Waals surface area (Å²) in [5, 5.41) is 0.531. The lowest BCUT2D eigenvalue weighted by molar-refractivity contribution is 0.102. The number of ketones is 1. The third kappa shape index (κ3) is 4.62. The SMILES string of the molecule is CCCn1c(SCC(=O)c2ccc(F)cc2)nc2cc(-c3ccc(C)cc3)sc2c1=O. The minimum atomic E-state index is -0.380. The van der Waals surface area contributed by atoms with Gasteiger partial charge in [0, 0.05) is 17.0 Å². The molecule has 0 radical (unpaired) electrons. The van der Waals surface area contributed by atoms with Crippen LogP contribution >= 0.6 is 23.1 Å². The number of thioether (sulfide) groups is 1. The van der Waals surface area contributed by atoms with Gasteiger partial charge >= 0.3 is 0 Å². The Kier molecular flexibility index (Phi) is 6.34. The van der Waals surface area contributed by atoms with Crippen molar-refractivity contribution in [3.63, 3.8) is 0 Å². The first-order valence-electron chi connectivity index (χ1n) is 9.99. The first kappa shape index (κ1) is 21.5. The monoisotopic (exact) mass is 452 g/mol. The van der Waals surface area contributed by atoms with E-state index in [1.165, 1.54) is 52.9 Å². The summed E-state index contributed by atoms with van der Waals surface area (Å²) in [5.74, 6) is -0.384. The lowest BCUT2D eigenvalue weighted by Crippen LogP contribution is -2.22. The molecule has 0 N–H and O–H groups in total. The molecule has 0 aliphatic carbocycles. The second-order valence-electron chi connectivity index (χ2n) is 7.26. The van der Waals surface area contributed by atoms with E-state index >= 15 is 0 Å². The molecule has 2 aromatic carbocycles. The average Bonchev–Trinajstić information content (AvgIpc) is 3.20. The van der Waals surface area contributed by atoms with Gasteiger partial charge in [-0.2, -0.15) is 0 Å². The number of carbonyl (C=O) groups excluding carboxylic acids is 1. The number of carbonyl (C=O) groups is 1. The first-order chi connectivity index (χ1) is 15.0. The van der Waals surface area contributed by atoms with Crippen LogP contribution in [0.3, 0.4) is 0 Å². The molecule has 0 atom stereocenters. The highest BCUT2D eigenvalue weighted by atomic mass is 32.2. The molecule has 0 fully saturated rings. The average molecular weight is 453 g/mol. The van der Waals surface area contributed by atoms with Gasteiger partial charge in [0.05, 0.1) is 11.3 Å². The van der Waals surface area contributed by atoms with Crippen molar-refractivity contribution in [1.29, 1.82) is 0 Å². The van der Waals surface area contributed by atoms with E-state index in [0.717, 1.165) is 16.9 Å². The maximum atomic E-state index is 13.2. The van der Waals surface area contributed by atoms with Crippen LogP contribution in [0.15, 0.2) is 64.5 Å². The summed E-state index contributed by atoms with van der Waals surface area (Å²) in [5.41, 5.74) is 3.24. The van der Waals surface area contributed by atoms with Crippen molar-refractivity contribution < 1.29 is 9.18 Å². The molecule has 0 amide bonds. The normalized spacial score (nSPS) is 11.2. The van der Waals surface area contributed by atoms with Gasteiger partial charge in [0.2, 0.25) is 0 Å². The van der Waals surface area contributed by atoms with Crippen LogP contribution in [-0.4, -0.2) is 21.1 Å². The fourth-order valence-corrected chi connectivity index (χ4v) is 5.20. The van der Waals surface area contributed by atoms with Crippen molar-refractivity contribution in [2.45, 2.75) is 32.0 Å². The smallest absolute Gasteiger partial charge is 0.272 e. The van der Waals surface area contributed by atoms with Crippen molar-refractivity contribution in [2.75, 3.05) is 5.75 Å². The summed E-state index contributed by atoms with van der Waals surface area (Å²) in [6, 6.07) is 15.6. The zero-order chi connectivity index (χ0) is 22.0. The van der Waals surface area contributed by atoms with Crippen molar-refractivity contribution >= 4 is 39.1 Å². The van der Waals surface area contributed by atoms with Crippen molar-refractivity contribution in [2.24, 2.45) is 0 Å². The van der Waals surface area contributed by atoms with E-state index in [0.29, 0.717) is 27.5 Å². The Morgan fingerprint density at radius 3 is 2.52 bits per heavy atom. The van der Waals surface area contributed by atoms with Crippen LogP contribution in [0.4, 0.5) is 4.39 Å².